The highest BCUT2D eigenvalue weighted by Gasteiger charge is 2.15. The number of phenols is 2. The van der Waals surface area contributed by atoms with Crippen LogP contribution < -0.4 is 4.57 Å². The van der Waals surface area contributed by atoms with Crippen LogP contribution in [-0.2, 0) is 7.05 Å². The summed E-state index contributed by atoms with van der Waals surface area (Å²) in [4.78, 5) is 0. The number of aromatic hydroxyl groups is 2. The summed E-state index contributed by atoms with van der Waals surface area (Å²) in [6, 6.07) is 15.0. The molecule has 110 valence electrons. The molecule has 0 aliphatic rings. The van der Waals surface area contributed by atoms with Crippen LogP contribution in [0.3, 0.4) is 0 Å². The summed E-state index contributed by atoms with van der Waals surface area (Å²) < 4.78 is 2.14. The lowest BCUT2D eigenvalue weighted by molar-refractivity contribution is -0.657. The number of nitrogens with zero attached hydrogens (tertiary/aromatic N) is 1. The van der Waals surface area contributed by atoms with E-state index in [2.05, 4.69) is 22.1 Å². The number of hydrogen-bond donors (Lipinski definition) is 2. The fourth-order valence-corrected chi connectivity index (χ4v) is 3.16. The van der Waals surface area contributed by atoms with E-state index >= 15 is 0 Å². The number of rotatable bonds is 3. The van der Waals surface area contributed by atoms with Gasteiger partial charge in [0.15, 0.2) is 11.5 Å². The van der Waals surface area contributed by atoms with E-state index in [1.54, 1.807) is 17.4 Å². The molecule has 0 fully saturated rings. The lowest BCUT2D eigenvalue weighted by atomic mass is 10.2. The highest BCUT2D eigenvalue weighted by molar-refractivity contribution is 7.10. The lowest BCUT2D eigenvalue weighted by Gasteiger charge is -1.98. The molecule has 0 amide bonds. The van der Waals surface area contributed by atoms with Crippen molar-refractivity contribution in [1.82, 2.24) is 0 Å². The second-order valence-corrected chi connectivity index (χ2v) is 5.86. The monoisotopic (exact) mass is 310 g/mol. The van der Waals surface area contributed by atoms with Crippen molar-refractivity contribution < 1.29 is 14.8 Å². The van der Waals surface area contributed by atoms with E-state index in [-0.39, 0.29) is 11.5 Å². The maximum absolute atomic E-state index is 9.52. The molecule has 0 radical (unpaired) electrons. The maximum atomic E-state index is 9.52. The average molecular weight is 310 g/mol. The maximum Gasteiger partial charge on any atom is 0.261 e. The first-order valence-corrected chi connectivity index (χ1v) is 7.76. The summed E-state index contributed by atoms with van der Waals surface area (Å²) in [5.74, 6) is -0.215. The standard InChI is InChI=1S/C18H15NO2S/c1-19-15(14-5-3-2-4-6-14)12-22-18(19)10-8-13-7-9-16(20)17(21)11-13/h2-12,21H,1H3/p+1. The lowest BCUT2D eigenvalue weighted by Crippen LogP contribution is -2.30. The average Bonchev–Trinajstić information content (AvgIpc) is 2.90. The minimum absolute atomic E-state index is 0.106. The fourth-order valence-electron chi connectivity index (χ4n) is 2.23. The number of hydrogen-bond acceptors (Lipinski definition) is 3. The summed E-state index contributed by atoms with van der Waals surface area (Å²) in [6.07, 6.45) is 3.92. The molecule has 3 aromatic rings. The smallest absolute Gasteiger partial charge is 0.261 e. The Bertz CT molecular complexity index is 822. The summed E-state index contributed by atoms with van der Waals surface area (Å²) in [7, 11) is 2.03. The zero-order valence-corrected chi connectivity index (χ0v) is 12.9. The van der Waals surface area contributed by atoms with Gasteiger partial charge in [0.1, 0.15) is 7.05 Å². The molecule has 4 heteroatoms. The van der Waals surface area contributed by atoms with E-state index in [1.165, 1.54) is 23.4 Å². The van der Waals surface area contributed by atoms with Crippen LogP contribution in [0.1, 0.15) is 10.6 Å². The number of thiazole rings is 1. The predicted octanol–water partition coefficient (Wildman–Crippen LogP) is 3.82. The van der Waals surface area contributed by atoms with Gasteiger partial charge in [-0.25, -0.2) is 0 Å². The molecule has 0 atom stereocenters. The first kappa shape index (κ1) is 14.4. The van der Waals surface area contributed by atoms with Gasteiger partial charge in [-0.3, -0.25) is 0 Å². The van der Waals surface area contributed by atoms with Crippen LogP contribution in [-0.4, -0.2) is 10.2 Å². The van der Waals surface area contributed by atoms with Crippen molar-refractivity contribution in [2.24, 2.45) is 7.05 Å². The molecule has 2 N–H and O–H groups in total. The fraction of sp³-hybridized carbons (Fsp3) is 0.0556. The van der Waals surface area contributed by atoms with Crippen molar-refractivity contribution in [3.05, 3.63) is 64.5 Å². The van der Waals surface area contributed by atoms with E-state index in [1.807, 2.05) is 37.4 Å². The Labute approximate surface area is 133 Å². The Morgan fingerprint density at radius 3 is 2.45 bits per heavy atom. The Morgan fingerprint density at radius 2 is 1.73 bits per heavy atom. The second kappa shape index (κ2) is 6.03. The van der Waals surface area contributed by atoms with Gasteiger partial charge in [0.05, 0.1) is 5.38 Å². The predicted molar refractivity (Wildman–Crippen MR) is 89.6 cm³/mol. The first-order valence-electron chi connectivity index (χ1n) is 6.88. The number of phenolic OH excluding ortho intramolecular Hbond substituents is 2. The number of benzene rings is 2. The highest BCUT2D eigenvalue weighted by atomic mass is 32.1. The molecule has 0 aliphatic heterocycles. The highest BCUT2D eigenvalue weighted by Crippen LogP contribution is 2.26. The Kier molecular flexibility index (Phi) is 3.94. The van der Waals surface area contributed by atoms with E-state index in [0.717, 1.165) is 10.6 Å². The summed E-state index contributed by atoms with van der Waals surface area (Å²) >= 11 is 1.66. The van der Waals surface area contributed by atoms with Crippen LogP contribution in [0.15, 0.2) is 53.9 Å². The second-order valence-electron chi connectivity index (χ2n) is 4.97. The van der Waals surface area contributed by atoms with Gasteiger partial charge in [-0.1, -0.05) is 35.6 Å². The van der Waals surface area contributed by atoms with Gasteiger partial charge in [0.2, 0.25) is 5.69 Å². The third kappa shape index (κ3) is 2.87. The molecule has 0 aliphatic carbocycles. The Balaban J connectivity index is 1.89. The molecular weight excluding hydrogens is 294 g/mol. The molecule has 1 aromatic heterocycles. The SMILES string of the molecule is C[n+]1c(-c2ccccc2)csc1/C=C/c1ccc(O)c(O)c1. The van der Waals surface area contributed by atoms with Crippen LogP contribution in [0, 0.1) is 0 Å². The van der Waals surface area contributed by atoms with Gasteiger partial charge < -0.3 is 10.2 Å². The van der Waals surface area contributed by atoms with E-state index in [4.69, 9.17) is 0 Å². The van der Waals surface area contributed by atoms with E-state index < -0.39 is 0 Å². The molecule has 22 heavy (non-hydrogen) atoms. The van der Waals surface area contributed by atoms with Gasteiger partial charge in [-0.15, -0.1) is 0 Å². The van der Waals surface area contributed by atoms with E-state index in [0.29, 0.717) is 0 Å². The topological polar surface area (TPSA) is 44.3 Å². The minimum atomic E-state index is -0.109. The molecule has 0 unspecified atom stereocenters. The van der Waals surface area contributed by atoms with Crippen LogP contribution >= 0.6 is 11.3 Å². The van der Waals surface area contributed by atoms with Crippen LogP contribution in [0.2, 0.25) is 0 Å². The van der Waals surface area contributed by atoms with Crippen LogP contribution in [0.25, 0.3) is 23.4 Å². The van der Waals surface area contributed by atoms with Crippen molar-refractivity contribution in [3.8, 4) is 22.8 Å². The summed E-state index contributed by atoms with van der Waals surface area (Å²) in [5.41, 5.74) is 3.19. The summed E-state index contributed by atoms with van der Waals surface area (Å²) in [6.45, 7) is 0. The molecule has 2 aromatic carbocycles. The molecule has 3 rings (SSSR count). The van der Waals surface area contributed by atoms with Gasteiger partial charge in [0, 0.05) is 11.6 Å². The van der Waals surface area contributed by atoms with Gasteiger partial charge >= 0.3 is 0 Å². The third-order valence-corrected chi connectivity index (χ3v) is 4.46. The van der Waals surface area contributed by atoms with Gasteiger partial charge in [-0.05, 0) is 35.9 Å². The van der Waals surface area contributed by atoms with Crippen LogP contribution in [0.4, 0.5) is 0 Å². The zero-order chi connectivity index (χ0) is 15.5. The first-order chi connectivity index (χ1) is 10.6. The Morgan fingerprint density at radius 1 is 0.955 bits per heavy atom. The normalized spacial score (nSPS) is 11.1. The van der Waals surface area contributed by atoms with Gasteiger partial charge in [-0.2, -0.15) is 4.57 Å². The van der Waals surface area contributed by atoms with Gasteiger partial charge in [0.25, 0.3) is 5.01 Å². The molecule has 1 heterocycles. The molecule has 0 spiro atoms. The van der Waals surface area contributed by atoms with Crippen molar-refractivity contribution in [2.75, 3.05) is 0 Å². The van der Waals surface area contributed by atoms with Crippen molar-refractivity contribution in [2.45, 2.75) is 0 Å². The summed E-state index contributed by atoms with van der Waals surface area (Å²) in [5, 5.41) is 22.1. The van der Waals surface area contributed by atoms with Crippen LogP contribution in [0.5, 0.6) is 11.5 Å². The largest absolute Gasteiger partial charge is 0.504 e. The van der Waals surface area contributed by atoms with E-state index in [9.17, 15) is 10.2 Å². The van der Waals surface area contributed by atoms with Crippen molar-refractivity contribution in [1.29, 1.82) is 0 Å². The molecular formula is C18H16NO2S+. The minimum Gasteiger partial charge on any atom is -0.504 e. The Hall–Kier alpha value is -2.59. The quantitative estimate of drug-likeness (QED) is 0.570. The molecule has 0 bridgehead atoms. The zero-order valence-electron chi connectivity index (χ0n) is 12.1. The molecule has 3 nitrogen and oxygen atoms in total. The van der Waals surface area contributed by atoms with Crippen molar-refractivity contribution >= 4 is 23.5 Å². The molecule has 0 saturated heterocycles. The van der Waals surface area contributed by atoms with Crippen molar-refractivity contribution in [3.63, 3.8) is 0 Å². The number of aromatic nitrogens is 1. The molecule has 0 saturated carbocycles. The third-order valence-electron chi connectivity index (χ3n) is 3.47.